The molecule has 1 unspecified atom stereocenters. The van der Waals surface area contributed by atoms with E-state index in [4.69, 9.17) is 10.8 Å². The van der Waals surface area contributed by atoms with Crippen LogP contribution in [0, 0.1) is 0 Å². The summed E-state index contributed by atoms with van der Waals surface area (Å²) < 4.78 is 1.94. The second-order valence-electron chi connectivity index (χ2n) is 4.33. The summed E-state index contributed by atoms with van der Waals surface area (Å²) in [5.74, 6) is -0.161. The van der Waals surface area contributed by atoms with Crippen molar-refractivity contribution in [3.63, 3.8) is 0 Å². The predicted molar refractivity (Wildman–Crippen MR) is 62.1 cm³/mol. The molecule has 2 heterocycles. The number of carbonyl (C=O) groups is 1. The van der Waals surface area contributed by atoms with Crippen LogP contribution in [-0.2, 0) is 4.79 Å². The van der Waals surface area contributed by atoms with Crippen LogP contribution in [0.2, 0.25) is 0 Å². The van der Waals surface area contributed by atoms with Gasteiger partial charge in [0.2, 0.25) is 5.91 Å². The summed E-state index contributed by atoms with van der Waals surface area (Å²) in [5.41, 5.74) is 5.52. The van der Waals surface area contributed by atoms with E-state index in [1.165, 1.54) is 0 Å². The molecule has 0 aliphatic carbocycles. The number of rotatable bonds is 3. The molecule has 1 aliphatic rings. The third-order valence-corrected chi connectivity index (χ3v) is 3.19. The largest absolute Gasteiger partial charge is 0.394 e. The van der Waals surface area contributed by atoms with Crippen molar-refractivity contribution in [2.24, 2.45) is 5.73 Å². The van der Waals surface area contributed by atoms with Crippen molar-refractivity contribution in [1.82, 2.24) is 14.7 Å². The van der Waals surface area contributed by atoms with Gasteiger partial charge in [-0.25, -0.2) is 0 Å². The van der Waals surface area contributed by atoms with Gasteiger partial charge < -0.3 is 15.7 Å². The van der Waals surface area contributed by atoms with Crippen LogP contribution in [0.4, 0.5) is 0 Å². The van der Waals surface area contributed by atoms with Crippen molar-refractivity contribution in [1.29, 1.82) is 0 Å². The average molecular weight is 238 g/mol. The third-order valence-electron chi connectivity index (χ3n) is 3.19. The summed E-state index contributed by atoms with van der Waals surface area (Å²) in [5, 5.41) is 13.1. The number of nitrogens with zero attached hydrogens (tertiary/aromatic N) is 3. The van der Waals surface area contributed by atoms with Gasteiger partial charge in [-0.1, -0.05) is 0 Å². The van der Waals surface area contributed by atoms with E-state index in [2.05, 4.69) is 5.10 Å². The topological polar surface area (TPSA) is 84.4 Å². The normalized spacial score (nSPS) is 19.3. The third kappa shape index (κ3) is 2.65. The maximum Gasteiger partial charge on any atom is 0.241 e. The summed E-state index contributed by atoms with van der Waals surface area (Å²) in [6, 6.07) is 1.48. The SMILES string of the molecule is NC(CO)C(=O)N1CCC(n2cccn2)CC1. The Bertz CT molecular complexity index is 358. The summed E-state index contributed by atoms with van der Waals surface area (Å²) in [4.78, 5) is 13.5. The van der Waals surface area contributed by atoms with Gasteiger partial charge >= 0.3 is 0 Å². The van der Waals surface area contributed by atoms with Crippen LogP contribution >= 0.6 is 0 Å². The Kier molecular flexibility index (Phi) is 3.75. The van der Waals surface area contributed by atoms with Crippen LogP contribution in [0.3, 0.4) is 0 Å². The lowest BCUT2D eigenvalue weighted by molar-refractivity contribution is -0.134. The van der Waals surface area contributed by atoms with E-state index in [1.54, 1.807) is 11.1 Å². The fourth-order valence-electron chi connectivity index (χ4n) is 2.16. The lowest BCUT2D eigenvalue weighted by atomic mass is 10.0. The number of carbonyl (C=O) groups excluding carboxylic acids is 1. The molecule has 1 aromatic heterocycles. The Morgan fingerprint density at radius 2 is 2.24 bits per heavy atom. The fourth-order valence-corrected chi connectivity index (χ4v) is 2.16. The highest BCUT2D eigenvalue weighted by Gasteiger charge is 2.26. The van der Waals surface area contributed by atoms with Crippen molar-refractivity contribution in [2.45, 2.75) is 24.9 Å². The Labute approximate surface area is 100 Å². The molecule has 1 aliphatic heterocycles. The van der Waals surface area contributed by atoms with Crippen molar-refractivity contribution in [3.05, 3.63) is 18.5 Å². The molecule has 0 radical (unpaired) electrons. The number of hydrogen-bond donors (Lipinski definition) is 2. The first kappa shape index (κ1) is 12.1. The lowest BCUT2D eigenvalue weighted by Crippen LogP contribution is -2.48. The molecule has 1 atom stereocenters. The van der Waals surface area contributed by atoms with Crippen LogP contribution < -0.4 is 5.73 Å². The number of piperidine rings is 1. The second-order valence-corrected chi connectivity index (χ2v) is 4.33. The first-order chi connectivity index (χ1) is 8.22. The van der Waals surface area contributed by atoms with Crippen molar-refractivity contribution in [3.8, 4) is 0 Å². The van der Waals surface area contributed by atoms with E-state index in [-0.39, 0.29) is 12.5 Å². The molecule has 0 spiro atoms. The quantitative estimate of drug-likeness (QED) is 0.734. The van der Waals surface area contributed by atoms with Crippen LogP contribution in [0.5, 0.6) is 0 Å². The van der Waals surface area contributed by atoms with E-state index < -0.39 is 6.04 Å². The number of amides is 1. The minimum Gasteiger partial charge on any atom is -0.394 e. The van der Waals surface area contributed by atoms with Gasteiger partial charge in [-0.15, -0.1) is 0 Å². The van der Waals surface area contributed by atoms with Crippen molar-refractivity contribution in [2.75, 3.05) is 19.7 Å². The van der Waals surface area contributed by atoms with Gasteiger partial charge in [0, 0.05) is 25.5 Å². The van der Waals surface area contributed by atoms with E-state index in [1.807, 2.05) is 16.9 Å². The van der Waals surface area contributed by atoms with Crippen LogP contribution in [0.15, 0.2) is 18.5 Å². The molecule has 1 saturated heterocycles. The molecule has 1 fully saturated rings. The first-order valence-corrected chi connectivity index (χ1v) is 5.86. The molecule has 6 heteroatoms. The van der Waals surface area contributed by atoms with Crippen molar-refractivity contribution >= 4 is 5.91 Å². The van der Waals surface area contributed by atoms with Gasteiger partial charge in [0.1, 0.15) is 6.04 Å². The van der Waals surface area contributed by atoms with E-state index in [9.17, 15) is 4.79 Å². The van der Waals surface area contributed by atoms with Crippen LogP contribution in [0.25, 0.3) is 0 Å². The summed E-state index contributed by atoms with van der Waals surface area (Å²) in [6.45, 7) is 1.06. The van der Waals surface area contributed by atoms with E-state index in [0.717, 1.165) is 12.8 Å². The van der Waals surface area contributed by atoms with Crippen LogP contribution in [0.1, 0.15) is 18.9 Å². The molecule has 6 nitrogen and oxygen atoms in total. The molecule has 2 rings (SSSR count). The molecule has 1 amide bonds. The molecule has 1 aromatic rings. The minimum atomic E-state index is -0.781. The average Bonchev–Trinajstić information content (AvgIpc) is 2.91. The molecule has 0 saturated carbocycles. The molecular weight excluding hydrogens is 220 g/mol. The summed E-state index contributed by atoms with van der Waals surface area (Å²) in [7, 11) is 0. The van der Waals surface area contributed by atoms with E-state index in [0.29, 0.717) is 19.1 Å². The van der Waals surface area contributed by atoms with Crippen molar-refractivity contribution < 1.29 is 9.90 Å². The number of aliphatic hydroxyl groups is 1. The molecule has 0 aromatic carbocycles. The number of aliphatic hydroxyl groups excluding tert-OH is 1. The molecule has 0 bridgehead atoms. The van der Waals surface area contributed by atoms with Gasteiger partial charge in [-0.05, 0) is 18.9 Å². The Hall–Kier alpha value is -1.40. The highest BCUT2D eigenvalue weighted by atomic mass is 16.3. The zero-order valence-corrected chi connectivity index (χ0v) is 9.70. The molecule has 3 N–H and O–H groups in total. The van der Waals surface area contributed by atoms with E-state index >= 15 is 0 Å². The van der Waals surface area contributed by atoms with Gasteiger partial charge in [0.15, 0.2) is 0 Å². The Balaban J connectivity index is 1.88. The molecule has 94 valence electrons. The number of likely N-dealkylation sites (tertiary alicyclic amines) is 1. The zero-order valence-electron chi connectivity index (χ0n) is 9.70. The number of nitrogens with two attached hydrogens (primary N) is 1. The predicted octanol–water partition coefficient (Wildman–Crippen LogP) is -0.634. The Morgan fingerprint density at radius 1 is 1.53 bits per heavy atom. The van der Waals surface area contributed by atoms with Gasteiger partial charge in [-0.3, -0.25) is 9.48 Å². The maximum atomic E-state index is 11.7. The monoisotopic (exact) mass is 238 g/mol. The molecule has 17 heavy (non-hydrogen) atoms. The lowest BCUT2D eigenvalue weighted by Gasteiger charge is -2.33. The van der Waals surface area contributed by atoms with Gasteiger partial charge in [0.25, 0.3) is 0 Å². The minimum absolute atomic E-state index is 0.161. The summed E-state index contributed by atoms with van der Waals surface area (Å²) >= 11 is 0. The fraction of sp³-hybridized carbons (Fsp3) is 0.636. The van der Waals surface area contributed by atoms with Crippen LogP contribution in [-0.4, -0.2) is 51.4 Å². The number of aromatic nitrogens is 2. The number of hydrogen-bond acceptors (Lipinski definition) is 4. The Morgan fingerprint density at radius 3 is 2.76 bits per heavy atom. The maximum absolute atomic E-state index is 11.7. The molecular formula is C11H18N4O2. The van der Waals surface area contributed by atoms with Gasteiger partial charge in [0.05, 0.1) is 12.6 Å². The highest BCUT2D eigenvalue weighted by molar-refractivity contribution is 5.81. The summed E-state index contributed by atoms with van der Waals surface area (Å²) in [6.07, 6.45) is 5.47. The smallest absolute Gasteiger partial charge is 0.241 e. The van der Waals surface area contributed by atoms with Gasteiger partial charge in [-0.2, -0.15) is 5.10 Å². The zero-order chi connectivity index (χ0) is 12.3. The standard InChI is InChI=1S/C11H18N4O2/c12-10(8-16)11(17)14-6-2-9(3-7-14)15-5-1-4-13-15/h1,4-5,9-10,16H,2-3,6-8,12H2. The first-order valence-electron chi connectivity index (χ1n) is 5.86. The highest BCUT2D eigenvalue weighted by Crippen LogP contribution is 2.21. The second kappa shape index (κ2) is 5.29.